The molecule has 6 nitrogen and oxygen atoms in total. The van der Waals surface area contributed by atoms with Crippen molar-refractivity contribution in [3.05, 3.63) is 65.2 Å². The highest BCUT2D eigenvalue weighted by Gasteiger charge is 2.30. The molecular formula is C17H15F3N2O4S. The molecule has 2 aromatic rings. The molecule has 0 bridgehead atoms. The molecule has 2 amide bonds. The number of amides is 2. The summed E-state index contributed by atoms with van der Waals surface area (Å²) in [7, 11) is -1.18. The van der Waals surface area contributed by atoms with E-state index in [0.717, 1.165) is 24.3 Å². The van der Waals surface area contributed by atoms with Crippen molar-refractivity contribution >= 4 is 21.8 Å². The van der Waals surface area contributed by atoms with Crippen LogP contribution in [0.2, 0.25) is 0 Å². The summed E-state index contributed by atoms with van der Waals surface area (Å²) in [5, 5.41) is 0. The van der Waals surface area contributed by atoms with Crippen LogP contribution in [-0.4, -0.2) is 39.2 Å². The predicted molar refractivity (Wildman–Crippen MR) is 90.6 cm³/mol. The van der Waals surface area contributed by atoms with Gasteiger partial charge in [-0.2, -0.15) is 13.2 Å². The summed E-state index contributed by atoms with van der Waals surface area (Å²) in [6.45, 7) is 0. The average Bonchev–Trinajstić information content (AvgIpc) is 2.60. The van der Waals surface area contributed by atoms with Gasteiger partial charge < -0.3 is 4.90 Å². The number of benzene rings is 2. The first-order valence-electron chi connectivity index (χ1n) is 7.48. The van der Waals surface area contributed by atoms with Gasteiger partial charge in [0, 0.05) is 25.2 Å². The van der Waals surface area contributed by atoms with Crippen molar-refractivity contribution in [3.63, 3.8) is 0 Å². The van der Waals surface area contributed by atoms with Gasteiger partial charge in [0.15, 0.2) is 0 Å². The van der Waals surface area contributed by atoms with E-state index in [9.17, 15) is 31.2 Å². The van der Waals surface area contributed by atoms with Crippen LogP contribution in [0, 0.1) is 0 Å². The van der Waals surface area contributed by atoms with Gasteiger partial charge in [0.1, 0.15) is 0 Å². The first-order chi connectivity index (χ1) is 12.4. The van der Waals surface area contributed by atoms with Gasteiger partial charge in [-0.3, -0.25) is 9.59 Å². The Hall–Kier alpha value is -2.88. The van der Waals surface area contributed by atoms with Crippen LogP contribution >= 0.6 is 0 Å². The zero-order chi connectivity index (χ0) is 20.4. The fraction of sp³-hybridized carbons (Fsp3) is 0.176. The summed E-state index contributed by atoms with van der Waals surface area (Å²) in [6, 6.07) is 8.02. The van der Waals surface area contributed by atoms with Crippen molar-refractivity contribution in [2.24, 2.45) is 0 Å². The Morgan fingerprint density at radius 2 is 1.37 bits per heavy atom. The summed E-state index contributed by atoms with van der Waals surface area (Å²) in [4.78, 5) is 24.9. The van der Waals surface area contributed by atoms with Crippen LogP contribution in [0.5, 0.6) is 0 Å². The molecule has 0 aliphatic heterocycles. The van der Waals surface area contributed by atoms with Crippen LogP contribution < -0.4 is 4.72 Å². The van der Waals surface area contributed by atoms with Gasteiger partial charge in [0.25, 0.3) is 21.8 Å². The van der Waals surface area contributed by atoms with Crippen molar-refractivity contribution in [2.75, 3.05) is 14.1 Å². The lowest BCUT2D eigenvalue weighted by Gasteiger charge is -2.11. The van der Waals surface area contributed by atoms with Gasteiger partial charge in [-0.25, -0.2) is 13.1 Å². The third-order valence-electron chi connectivity index (χ3n) is 3.52. The molecule has 0 atom stereocenters. The lowest BCUT2D eigenvalue weighted by atomic mass is 10.1. The van der Waals surface area contributed by atoms with Crippen LogP contribution in [0.1, 0.15) is 26.3 Å². The maximum absolute atomic E-state index is 12.5. The molecule has 0 heterocycles. The first-order valence-corrected chi connectivity index (χ1v) is 8.96. The van der Waals surface area contributed by atoms with Gasteiger partial charge in [-0.15, -0.1) is 0 Å². The van der Waals surface area contributed by atoms with Gasteiger partial charge in [0.05, 0.1) is 10.5 Å². The number of carbonyl (C=O) groups excluding carboxylic acids is 2. The van der Waals surface area contributed by atoms with Crippen LogP contribution in [-0.2, 0) is 16.2 Å². The molecule has 0 radical (unpaired) electrons. The van der Waals surface area contributed by atoms with Crippen molar-refractivity contribution in [3.8, 4) is 0 Å². The van der Waals surface area contributed by atoms with E-state index in [0.29, 0.717) is 12.1 Å². The number of hydrogen-bond donors (Lipinski definition) is 1. The summed E-state index contributed by atoms with van der Waals surface area (Å²) >= 11 is 0. The number of carbonyl (C=O) groups is 2. The largest absolute Gasteiger partial charge is 0.416 e. The Morgan fingerprint density at radius 3 is 1.81 bits per heavy atom. The first kappa shape index (κ1) is 20.4. The average molecular weight is 400 g/mol. The van der Waals surface area contributed by atoms with Crippen LogP contribution in [0.15, 0.2) is 53.4 Å². The highest BCUT2D eigenvalue weighted by Crippen LogP contribution is 2.29. The Morgan fingerprint density at radius 1 is 0.889 bits per heavy atom. The fourth-order valence-electron chi connectivity index (χ4n) is 2.09. The molecule has 2 rings (SSSR count). The Labute approximate surface area is 153 Å². The standard InChI is InChI=1S/C17H15F3N2O4S/c1-22(2)16(24)12-5-9-14(10-6-12)27(25,26)21-15(23)11-3-7-13(8-4-11)17(18,19)20/h3-10H,1-2H3,(H,21,23). The van der Waals surface area contributed by atoms with Gasteiger partial charge in [-0.05, 0) is 48.5 Å². The summed E-state index contributed by atoms with van der Waals surface area (Å²) in [5.41, 5.74) is -0.943. The number of halogens is 3. The minimum absolute atomic E-state index is 0.244. The zero-order valence-corrected chi connectivity index (χ0v) is 15.1. The summed E-state index contributed by atoms with van der Waals surface area (Å²) in [6.07, 6.45) is -4.56. The van der Waals surface area contributed by atoms with E-state index < -0.39 is 27.7 Å². The SMILES string of the molecule is CN(C)C(=O)c1ccc(S(=O)(=O)NC(=O)c2ccc(C(F)(F)F)cc2)cc1. The maximum Gasteiger partial charge on any atom is 0.416 e. The molecule has 0 spiro atoms. The number of rotatable bonds is 4. The highest BCUT2D eigenvalue weighted by atomic mass is 32.2. The van der Waals surface area contributed by atoms with E-state index >= 15 is 0 Å². The monoisotopic (exact) mass is 400 g/mol. The second kappa shape index (κ2) is 7.39. The molecule has 0 aromatic heterocycles. The molecule has 144 valence electrons. The molecule has 27 heavy (non-hydrogen) atoms. The smallest absolute Gasteiger partial charge is 0.345 e. The van der Waals surface area contributed by atoms with Crippen molar-refractivity contribution < 1.29 is 31.2 Å². The molecule has 0 saturated heterocycles. The van der Waals surface area contributed by atoms with Crippen molar-refractivity contribution in [1.82, 2.24) is 9.62 Å². The number of nitrogens with one attached hydrogen (secondary N) is 1. The van der Waals surface area contributed by atoms with Gasteiger partial charge in [0.2, 0.25) is 0 Å². The Kier molecular flexibility index (Phi) is 5.59. The lowest BCUT2D eigenvalue weighted by Crippen LogP contribution is -2.30. The van der Waals surface area contributed by atoms with E-state index in [2.05, 4.69) is 0 Å². The topological polar surface area (TPSA) is 83.6 Å². The second-order valence-corrected chi connectivity index (χ2v) is 7.42. The summed E-state index contributed by atoms with van der Waals surface area (Å²) in [5.74, 6) is -1.40. The molecule has 1 N–H and O–H groups in total. The molecule has 0 fully saturated rings. The second-order valence-electron chi connectivity index (χ2n) is 5.73. The molecule has 0 unspecified atom stereocenters. The zero-order valence-electron chi connectivity index (χ0n) is 14.2. The maximum atomic E-state index is 12.5. The quantitative estimate of drug-likeness (QED) is 0.855. The van der Waals surface area contributed by atoms with Crippen molar-refractivity contribution in [1.29, 1.82) is 0 Å². The molecule has 2 aromatic carbocycles. The van der Waals surface area contributed by atoms with E-state index in [4.69, 9.17) is 0 Å². The predicted octanol–water partition coefficient (Wildman–Crippen LogP) is 2.53. The Balaban J connectivity index is 2.18. The molecular weight excluding hydrogens is 385 g/mol. The third kappa shape index (κ3) is 4.85. The molecule has 0 aliphatic carbocycles. The van der Waals surface area contributed by atoms with E-state index in [-0.39, 0.29) is 21.9 Å². The normalized spacial score (nSPS) is 11.7. The lowest BCUT2D eigenvalue weighted by molar-refractivity contribution is -0.137. The fourth-order valence-corrected chi connectivity index (χ4v) is 3.06. The number of alkyl halides is 3. The number of nitrogens with zero attached hydrogens (tertiary/aromatic N) is 1. The molecule has 10 heteroatoms. The minimum Gasteiger partial charge on any atom is -0.345 e. The van der Waals surface area contributed by atoms with E-state index in [1.165, 1.54) is 31.1 Å². The van der Waals surface area contributed by atoms with Crippen molar-refractivity contribution in [2.45, 2.75) is 11.1 Å². The van der Waals surface area contributed by atoms with Gasteiger partial charge in [-0.1, -0.05) is 0 Å². The number of sulfonamides is 1. The highest BCUT2D eigenvalue weighted by molar-refractivity contribution is 7.90. The van der Waals surface area contributed by atoms with Crippen LogP contribution in [0.25, 0.3) is 0 Å². The molecule has 0 aliphatic rings. The summed E-state index contributed by atoms with van der Waals surface area (Å²) < 4.78 is 63.9. The van der Waals surface area contributed by atoms with Crippen LogP contribution in [0.4, 0.5) is 13.2 Å². The molecule has 0 saturated carbocycles. The van der Waals surface area contributed by atoms with E-state index in [1.807, 2.05) is 0 Å². The number of hydrogen-bond acceptors (Lipinski definition) is 4. The Bertz CT molecular complexity index is 951. The third-order valence-corrected chi connectivity index (χ3v) is 4.87. The van der Waals surface area contributed by atoms with Crippen LogP contribution in [0.3, 0.4) is 0 Å². The minimum atomic E-state index is -4.56. The van der Waals surface area contributed by atoms with E-state index in [1.54, 1.807) is 4.72 Å². The van der Waals surface area contributed by atoms with Gasteiger partial charge >= 0.3 is 6.18 Å².